The number of amides is 3. The highest BCUT2D eigenvalue weighted by Gasteiger charge is 2.71. The molecule has 7 nitrogen and oxygen atoms in total. The molecule has 2 saturated heterocycles. The van der Waals surface area contributed by atoms with Gasteiger partial charge in [0.2, 0.25) is 17.7 Å². The highest BCUT2D eigenvalue weighted by atomic mass is 35.5. The number of likely N-dealkylation sites (tertiary alicyclic amines) is 1. The van der Waals surface area contributed by atoms with Crippen molar-refractivity contribution in [2.24, 2.45) is 11.8 Å². The van der Waals surface area contributed by atoms with Gasteiger partial charge in [0.1, 0.15) is 5.54 Å². The van der Waals surface area contributed by atoms with Crippen LogP contribution in [0.15, 0.2) is 18.2 Å². The second kappa shape index (κ2) is 6.02. The summed E-state index contributed by atoms with van der Waals surface area (Å²) in [6.07, 6.45) is -0.299. The number of aliphatic hydroxyl groups excluding tert-OH is 1. The van der Waals surface area contributed by atoms with Gasteiger partial charge in [-0.1, -0.05) is 30.7 Å². The Morgan fingerprint density at radius 2 is 1.96 bits per heavy atom. The molecule has 3 aliphatic rings. The van der Waals surface area contributed by atoms with Gasteiger partial charge in [0.15, 0.2) is 0 Å². The number of halogens is 1. The van der Waals surface area contributed by atoms with Gasteiger partial charge in [-0.15, -0.1) is 0 Å². The number of rotatable bonds is 3. The first-order chi connectivity index (χ1) is 12.8. The monoisotopic (exact) mass is 391 g/mol. The molecule has 4 unspecified atom stereocenters. The molecular formula is C19H22ClN3O4. The first kappa shape index (κ1) is 18.4. The van der Waals surface area contributed by atoms with E-state index in [1.165, 1.54) is 4.90 Å². The van der Waals surface area contributed by atoms with Crippen molar-refractivity contribution in [3.63, 3.8) is 0 Å². The van der Waals surface area contributed by atoms with E-state index >= 15 is 0 Å². The Hall–Kier alpha value is -1.96. The SMILES string of the molecule is CCC(C)N1C(=O)[C@@H]2C(C(C)O)NC3(C(=O)Nc4c(Cl)cccc43)[C@@H]2C1=O. The lowest BCUT2D eigenvalue weighted by atomic mass is 9.76. The Morgan fingerprint density at radius 3 is 2.59 bits per heavy atom. The molecule has 27 heavy (non-hydrogen) atoms. The van der Waals surface area contributed by atoms with Gasteiger partial charge in [-0.3, -0.25) is 24.6 Å². The van der Waals surface area contributed by atoms with Crippen LogP contribution in [0, 0.1) is 11.8 Å². The molecule has 1 aromatic rings. The smallest absolute Gasteiger partial charge is 0.250 e. The summed E-state index contributed by atoms with van der Waals surface area (Å²) in [5.41, 5.74) is -0.421. The molecule has 0 aliphatic carbocycles. The molecule has 8 heteroatoms. The number of carbonyl (C=O) groups is 3. The van der Waals surface area contributed by atoms with Crippen molar-refractivity contribution in [1.82, 2.24) is 10.2 Å². The van der Waals surface area contributed by atoms with Crippen LogP contribution >= 0.6 is 11.6 Å². The first-order valence-electron chi connectivity index (χ1n) is 9.18. The van der Waals surface area contributed by atoms with Crippen LogP contribution in [0.3, 0.4) is 0 Å². The number of benzene rings is 1. The van der Waals surface area contributed by atoms with Gasteiger partial charge in [0.05, 0.1) is 28.6 Å². The summed E-state index contributed by atoms with van der Waals surface area (Å²) < 4.78 is 0. The fourth-order valence-electron chi connectivity index (χ4n) is 4.78. The summed E-state index contributed by atoms with van der Waals surface area (Å²) in [5, 5.41) is 16.6. The van der Waals surface area contributed by atoms with E-state index in [0.717, 1.165) is 0 Å². The lowest BCUT2D eigenvalue weighted by Crippen LogP contribution is -2.55. The van der Waals surface area contributed by atoms with Crippen LogP contribution in [-0.2, 0) is 19.9 Å². The molecule has 1 aromatic carbocycles. The molecule has 0 radical (unpaired) electrons. The predicted octanol–water partition coefficient (Wildman–Crippen LogP) is 1.24. The summed E-state index contributed by atoms with van der Waals surface area (Å²) in [5.74, 6) is -2.85. The molecule has 0 saturated carbocycles. The normalized spacial score (nSPS) is 34.0. The minimum Gasteiger partial charge on any atom is -0.392 e. The first-order valence-corrected chi connectivity index (χ1v) is 9.56. The van der Waals surface area contributed by atoms with E-state index in [1.54, 1.807) is 25.1 Å². The van der Waals surface area contributed by atoms with Gasteiger partial charge in [0.25, 0.3) is 0 Å². The predicted molar refractivity (Wildman–Crippen MR) is 99.0 cm³/mol. The number of carbonyl (C=O) groups excluding carboxylic acids is 3. The number of nitrogens with zero attached hydrogens (tertiary/aromatic N) is 1. The molecule has 144 valence electrons. The van der Waals surface area contributed by atoms with E-state index in [9.17, 15) is 19.5 Å². The zero-order valence-corrected chi connectivity index (χ0v) is 16.1. The number of para-hydroxylation sites is 1. The zero-order chi connectivity index (χ0) is 19.7. The van der Waals surface area contributed by atoms with Gasteiger partial charge < -0.3 is 10.4 Å². The third-order valence-corrected chi connectivity index (χ3v) is 6.53. The number of imide groups is 1. The summed E-state index contributed by atoms with van der Waals surface area (Å²) in [7, 11) is 0. The Kier molecular flexibility index (Phi) is 4.10. The number of hydrogen-bond donors (Lipinski definition) is 3. The Labute approximate surface area is 162 Å². The maximum atomic E-state index is 13.3. The maximum Gasteiger partial charge on any atom is 0.250 e. The lowest BCUT2D eigenvalue weighted by molar-refractivity contribution is -0.145. The summed E-state index contributed by atoms with van der Waals surface area (Å²) >= 11 is 6.25. The molecule has 3 amide bonds. The third kappa shape index (κ3) is 2.19. The van der Waals surface area contributed by atoms with E-state index < -0.39 is 35.4 Å². The number of nitrogens with one attached hydrogen (secondary N) is 2. The van der Waals surface area contributed by atoms with Crippen molar-refractivity contribution in [3.8, 4) is 0 Å². The van der Waals surface area contributed by atoms with Crippen LogP contribution in [0.5, 0.6) is 0 Å². The van der Waals surface area contributed by atoms with Crippen LogP contribution < -0.4 is 10.6 Å². The van der Waals surface area contributed by atoms with Gasteiger partial charge in [-0.05, 0) is 26.3 Å². The van der Waals surface area contributed by atoms with Crippen LogP contribution in [0.25, 0.3) is 0 Å². The lowest BCUT2D eigenvalue weighted by Gasteiger charge is -2.31. The third-order valence-electron chi connectivity index (χ3n) is 6.22. The fraction of sp³-hybridized carbons (Fsp3) is 0.526. The number of aliphatic hydroxyl groups is 1. The molecule has 6 atom stereocenters. The fourth-order valence-corrected chi connectivity index (χ4v) is 5.00. The van der Waals surface area contributed by atoms with Crippen LogP contribution in [-0.4, -0.2) is 45.9 Å². The number of fused-ring (bicyclic) bond motifs is 4. The standard InChI is InChI=1S/C19H22ClN3O4/c1-4-8(2)23-16(25)12-13(17(23)26)19(22-14(12)9(3)24)10-6-5-7-11(20)15(10)21-18(19)27/h5-9,12-14,22,24H,4H2,1-3H3,(H,21,27)/t8?,9?,12-,13-,14?,19?/m0/s1. The Morgan fingerprint density at radius 1 is 1.26 bits per heavy atom. The van der Waals surface area contributed by atoms with Crippen molar-refractivity contribution in [2.75, 3.05) is 5.32 Å². The molecule has 1 spiro atoms. The van der Waals surface area contributed by atoms with E-state index in [2.05, 4.69) is 10.6 Å². The van der Waals surface area contributed by atoms with E-state index in [-0.39, 0.29) is 17.9 Å². The molecule has 2 fully saturated rings. The van der Waals surface area contributed by atoms with E-state index in [4.69, 9.17) is 11.6 Å². The second-order valence-electron chi connectivity index (χ2n) is 7.64. The minimum atomic E-state index is -1.42. The molecule has 4 rings (SSSR count). The van der Waals surface area contributed by atoms with Crippen molar-refractivity contribution in [3.05, 3.63) is 28.8 Å². The molecule has 0 aromatic heterocycles. The summed E-state index contributed by atoms with van der Waals surface area (Å²) in [6.45, 7) is 5.27. The van der Waals surface area contributed by atoms with E-state index in [1.807, 2.05) is 13.8 Å². The molecule has 0 bridgehead atoms. The molecule has 3 aliphatic heterocycles. The minimum absolute atomic E-state index is 0.273. The highest BCUT2D eigenvalue weighted by Crippen LogP contribution is 2.54. The van der Waals surface area contributed by atoms with E-state index in [0.29, 0.717) is 22.7 Å². The Bertz CT molecular complexity index is 857. The largest absolute Gasteiger partial charge is 0.392 e. The number of anilines is 1. The van der Waals surface area contributed by atoms with Crippen LogP contribution in [0.2, 0.25) is 5.02 Å². The van der Waals surface area contributed by atoms with Crippen molar-refractivity contribution in [1.29, 1.82) is 0 Å². The molecular weight excluding hydrogens is 370 g/mol. The van der Waals surface area contributed by atoms with Gasteiger partial charge in [0, 0.05) is 17.6 Å². The quantitative estimate of drug-likeness (QED) is 0.673. The van der Waals surface area contributed by atoms with Gasteiger partial charge in [-0.25, -0.2) is 0 Å². The maximum absolute atomic E-state index is 13.3. The van der Waals surface area contributed by atoms with Crippen molar-refractivity contribution < 1.29 is 19.5 Å². The molecule has 3 heterocycles. The Balaban J connectivity index is 1.92. The van der Waals surface area contributed by atoms with Crippen molar-refractivity contribution in [2.45, 2.75) is 50.9 Å². The number of hydrogen-bond acceptors (Lipinski definition) is 5. The van der Waals surface area contributed by atoms with Crippen LogP contribution in [0.1, 0.15) is 32.8 Å². The summed E-state index contributed by atoms with van der Waals surface area (Å²) in [6, 6.07) is 4.12. The topological polar surface area (TPSA) is 98.7 Å². The average molecular weight is 392 g/mol. The van der Waals surface area contributed by atoms with Gasteiger partial charge >= 0.3 is 0 Å². The highest BCUT2D eigenvalue weighted by molar-refractivity contribution is 6.35. The zero-order valence-electron chi connectivity index (χ0n) is 15.3. The average Bonchev–Trinajstić information content (AvgIpc) is 3.21. The summed E-state index contributed by atoms with van der Waals surface area (Å²) in [4.78, 5) is 40.9. The van der Waals surface area contributed by atoms with Crippen LogP contribution in [0.4, 0.5) is 5.69 Å². The second-order valence-corrected chi connectivity index (χ2v) is 8.05. The molecule has 3 N–H and O–H groups in total. The van der Waals surface area contributed by atoms with Gasteiger partial charge in [-0.2, -0.15) is 0 Å². The van der Waals surface area contributed by atoms with Crippen molar-refractivity contribution >= 4 is 35.0 Å².